The van der Waals surface area contributed by atoms with Crippen LogP contribution >= 0.6 is 11.6 Å². The lowest BCUT2D eigenvalue weighted by Gasteiger charge is -2.33. The van der Waals surface area contributed by atoms with Crippen molar-refractivity contribution < 1.29 is 5.11 Å². The zero-order valence-corrected chi connectivity index (χ0v) is 12.2. The number of aliphatic hydroxyl groups is 1. The number of benzene rings is 1. The summed E-state index contributed by atoms with van der Waals surface area (Å²) < 4.78 is 0. The molecule has 0 radical (unpaired) electrons. The minimum atomic E-state index is -0.186. The Labute approximate surface area is 120 Å². The van der Waals surface area contributed by atoms with Gasteiger partial charge in [-0.15, -0.1) is 0 Å². The molecule has 0 saturated carbocycles. The molecule has 1 saturated heterocycles. The fourth-order valence-electron chi connectivity index (χ4n) is 2.68. The summed E-state index contributed by atoms with van der Waals surface area (Å²) in [5.41, 5.74) is 7.84. The highest BCUT2D eigenvalue weighted by molar-refractivity contribution is 6.31. The summed E-state index contributed by atoms with van der Waals surface area (Å²) >= 11 is 6.28. The van der Waals surface area contributed by atoms with Gasteiger partial charge in [0.05, 0.1) is 6.10 Å². The van der Waals surface area contributed by atoms with Gasteiger partial charge in [-0.25, -0.2) is 0 Å². The molecular weight excluding hydrogens is 260 g/mol. The molecule has 1 aliphatic heterocycles. The van der Waals surface area contributed by atoms with Crippen LogP contribution in [0.5, 0.6) is 0 Å². The van der Waals surface area contributed by atoms with Crippen molar-refractivity contribution in [2.45, 2.75) is 39.0 Å². The maximum Gasteiger partial charge on any atom is 0.0541 e. The first-order valence-corrected chi connectivity index (χ1v) is 7.35. The summed E-state index contributed by atoms with van der Waals surface area (Å²) in [5.74, 6) is 0.450. The molecule has 106 valence electrons. The number of likely N-dealkylation sites (tertiary alicyclic amines) is 1. The van der Waals surface area contributed by atoms with Crippen LogP contribution in [0.2, 0.25) is 5.02 Å². The lowest BCUT2D eigenvalue weighted by atomic mass is 9.92. The van der Waals surface area contributed by atoms with E-state index in [1.165, 1.54) is 0 Å². The minimum absolute atomic E-state index is 0.186. The Morgan fingerprint density at radius 3 is 2.63 bits per heavy atom. The zero-order chi connectivity index (χ0) is 13.8. The zero-order valence-electron chi connectivity index (χ0n) is 11.5. The van der Waals surface area contributed by atoms with Crippen molar-refractivity contribution in [3.05, 3.63) is 34.3 Å². The first-order chi connectivity index (χ1) is 9.10. The summed E-state index contributed by atoms with van der Waals surface area (Å²) in [4.78, 5) is 2.40. The SMILES string of the molecule is CC(O)C1CCN(Cc2ccc(CN)cc2Cl)CC1. The molecule has 2 rings (SSSR count). The van der Waals surface area contributed by atoms with E-state index in [1.807, 2.05) is 19.1 Å². The third kappa shape index (κ3) is 3.93. The molecule has 1 heterocycles. The highest BCUT2D eigenvalue weighted by atomic mass is 35.5. The van der Waals surface area contributed by atoms with Crippen molar-refractivity contribution in [2.75, 3.05) is 13.1 Å². The van der Waals surface area contributed by atoms with Crippen molar-refractivity contribution in [3.63, 3.8) is 0 Å². The monoisotopic (exact) mass is 282 g/mol. The van der Waals surface area contributed by atoms with Crippen LogP contribution in [-0.4, -0.2) is 29.2 Å². The smallest absolute Gasteiger partial charge is 0.0541 e. The van der Waals surface area contributed by atoms with Crippen molar-refractivity contribution in [1.29, 1.82) is 0 Å². The van der Waals surface area contributed by atoms with Crippen LogP contribution in [0.15, 0.2) is 18.2 Å². The summed E-state index contributed by atoms with van der Waals surface area (Å²) in [7, 11) is 0. The van der Waals surface area contributed by atoms with Gasteiger partial charge in [0.15, 0.2) is 0 Å². The first kappa shape index (κ1) is 14.8. The van der Waals surface area contributed by atoms with Crippen molar-refractivity contribution in [2.24, 2.45) is 11.7 Å². The number of aliphatic hydroxyl groups excluding tert-OH is 1. The fourth-order valence-corrected chi connectivity index (χ4v) is 2.94. The van der Waals surface area contributed by atoms with Gasteiger partial charge in [-0.2, -0.15) is 0 Å². The van der Waals surface area contributed by atoms with E-state index in [0.29, 0.717) is 12.5 Å². The van der Waals surface area contributed by atoms with Crippen molar-refractivity contribution >= 4 is 11.6 Å². The number of piperidine rings is 1. The predicted octanol–water partition coefficient (Wildman–Crippen LogP) is 2.39. The number of nitrogens with two attached hydrogens (primary N) is 1. The van der Waals surface area contributed by atoms with Gasteiger partial charge >= 0.3 is 0 Å². The normalized spacial score (nSPS) is 19.6. The summed E-state index contributed by atoms with van der Waals surface area (Å²) in [6.07, 6.45) is 1.95. The standard InChI is InChI=1S/C15H23ClN2O/c1-11(19)13-4-6-18(7-5-13)10-14-3-2-12(9-17)8-15(14)16/h2-3,8,11,13,19H,4-7,9-10,17H2,1H3. The molecule has 0 aliphatic carbocycles. The van der Waals surface area contributed by atoms with E-state index in [1.54, 1.807) is 0 Å². The van der Waals surface area contributed by atoms with Gasteiger partial charge in [0.1, 0.15) is 0 Å². The molecule has 0 aromatic heterocycles. The maximum absolute atomic E-state index is 9.60. The highest BCUT2D eigenvalue weighted by Crippen LogP contribution is 2.24. The average Bonchev–Trinajstić information content (AvgIpc) is 2.41. The average molecular weight is 283 g/mol. The molecule has 1 fully saturated rings. The topological polar surface area (TPSA) is 49.5 Å². The summed E-state index contributed by atoms with van der Waals surface area (Å²) in [6, 6.07) is 6.08. The molecule has 0 amide bonds. The predicted molar refractivity (Wildman–Crippen MR) is 79.0 cm³/mol. The Morgan fingerprint density at radius 2 is 2.11 bits per heavy atom. The Kier molecular flexibility index (Phi) is 5.22. The Morgan fingerprint density at radius 1 is 1.42 bits per heavy atom. The summed E-state index contributed by atoms with van der Waals surface area (Å²) in [5, 5.41) is 10.4. The van der Waals surface area contributed by atoms with Crippen LogP contribution in [0.4, 0.5) is 0 Å². The Balaban J connectivity index is 1.92. The number of rotatable bonds is 4. The Hall–Kier alpha value is -0.610. The van der Waals surface area contributed by atoms with E-state index in [0.717, 1.165) is 48.6 Å². The molecule has 3 N–H and O–H groups in total. The van der Waals surface area contributed by atoms with Gasteiger partial charge in [-0.1, -0.05) is 23.7 Å². The maximum atomic E-state index is 9.60. The van der Waals surface area contributed by atoms with Crippen molar-refractivity contribution in [3.8, 4) is 0 Å². The van der Waals surface area contributed by atoms with Gasteiger partial charge in [-0.3, -0.25) is 4.90 Å². The number of hydrogen-bond acceptors (Lipinski definition) is 3. The van der Waals surface area contributed by atoms with Crippen molar-refractivity contribution in [1.82, 2.24) is 4.90 Å². The van der Waals surface area contributed by atoms with Crippen LogP contribution in [0.25, 0.3) is 0 Å². The van der Waals surface area contributed by atoms with Gasteiger partial charge < -0.3 is 10.8 Å². The molecule has 3 nitrogen and oxygen atoms in total. The number of hydrogen-bond donors (Lipinski definition) is 2. The molecule has 4 heteroatoms. The third-order valence-corrected chi connectivity index (χ3v) is 4.41. The largest absolute Gasteiger partial charge is 0.393 e. The lowest BCUT2D eigenvalue weighted by Crippen LogP contribution is -2.36. The molecule has 0 bridgehead atoms. The van der Waals surface area contributed by atoms with Gasteiger partial charge in [-0.05, 0) is 56.0 Å². The van der Waals surface area contributed by atoms with E-state index in [-0.39, 0.29) is 6.10 Å². The summed E-state index contributed by atoms with van der Waals surface area (Å²) in [6.45, 7) is 5.37. The molecule has 1 atom stereocenters. The molecule has 0 spiro atoms. The molecule has 1 aromatic carbocycles. The lowest BCUT2D eigenvalue weighted by molar-refractivity contribution is 0.0695. The van der Waals surface area contributed by atoms with Crippen LogP contribution in [-0.2, 0) is 13.1 Å². The first-order valence-electron chi connectivity index (χ1n) is 6.98. The third-order valence-electron chi connectivity index (χ3n) is 4.06. The van der Waals surface area contributed by atoms with Gasteiger partial charge in [0.2, 0.25) is 0 Å². The van der Waals surface area contributed by atoms with Crippen LogP contribution < -0.4 is 5.73 Å². The molecule has 1 unspecified atom stereocenters. The van der Waals surface area contributed by atoms with E-state index < -0.39 is 0 Å². The second-order valence-corrected chi connectivity index (χ2v) is 5.89. The second-order valence-electron chi connectivity index (χ2n) is 5.48. The molecule has 1 aromatic rings. The minimum Gasteiger partial charge on any atom is -0.393 e. The van der Waals surface area contributed by atoms with E-state index >= 15 is 0 Å². The van der Waals surface area contributed by atoms with Crippen LogP contribution in [0.3, 0.4) is 0 Å². The fraction of sp³-hybridized carbons (Fsp3) is 0.600. The van der Waals surface area contributed by atoms with Crippen LogP contribution in [0.1, 0.15) is 30.9 Å². The second kappa shape index (κ2) is 6.71. The molecular formula is C15H23ClN2O. The molecule has 19 heavy (non-hydrogen) atoms. The molecule has 1 aliphatic rings. The van der Waals surface area contributed by atoms with E-state index in [2.05, 4.69) is 11.0 Å². The number of halogens is 1. The van der Waals surface area contributed by atoms with E-state index in [4.69, 9.17) is 17.3 Å². The number of nitrogens with zero attached hydrogens (tertiary/aromatic N) is 1. The van der Waals surface area contributed by atoms with E-state index in [9.17, 15) is 5.11 Å². The van der Waals surface area contributed by atoms with Crippen LogP contribution in [0, 0.1) is 5.92 Å². The van der Waals surface area contributed by atoms with Gasteiger partial charge in [0, 0.05) is 18.1 Å². The highest BCUT2D eigenvalue weighted by Gasteiger charge is 2.22. The Bertz CT molecular complexity index is 415. The quantitative estimate of drug-likeness (QED) is 0.891. The van der Waals surface area contributed by atoms with Gasteiger partial charge in [0.25, 0.3) is 0 Å².